The molecule has 1 saturated heterocycles. The van der Waals surface area contributed by atoms with Gasteiger partial charge in [0.2, 0.25) is 11.6 Å². The highest BCUT2D eigenvalue weighted by molar-refractivity contribution is 6.05. The lowest BCUT2D eigenvalue weighted by Gasteiger charge is -2.35. The molecule has 0 aliphatic carbocycles. The minimum Gasteiger partial charge on any atom is -0.381 e. The Kier molecular flexibility index (Phi) is 7.36. The molecule has 2 aromatic rings. The van der Waals surface area contributed by atoms with E-state index in [1.54, 1.807) is 68.3 Å². The number of nitrogens with zero attached hydrogens (tertiary/aromatic N) is 5. The van der Waals surface area contributed by atoms with Gasteiger partial charge in [0.1, 0.15) is 17.7 Å². The van der Waals surface area contributed by atoms with Gasteiger partial charge < -0.3 is 15.0 Å². The summed E-state index contributed by atoms with van der Waals surface area (Å²) < 4.78 is 4.89. The van der Waals surface area contributed by atoms with Crippen LogP contribution in [-0.2, 0) is 9.53 Å². The number of anilines is 1. The molecule has 3 aliphatic rings. The molecule has 10 heteroatoms. The van der Waals surface area contributed by atoms with Crippen molar-refractivity contribution in [1.29, 1.82) is 0 Å². The van der Waals surface area contributed by atoms with E-state index in [0.29, 0.717) is 30.4 Å². The van der Waals surface area contributed by atoms with E-state index in [1.165, 1.54) is 0 Å². The third-order valence-corrected chi connectivity index (χ3v) is 6.76. The first kappa shape index (κ1) is 25.4. The van der Waals surface area contributed by atoms with Crippen LogP contribution in [0.4, 0.5) is 5.82 Å². The van der Waals surface area contributed by atoms with Crippen molar-refractivity contribution in [2.45, 2.75) is 25.3 Å². The van der Waals surface area contributed by atoms with Crippen molar-refractivity contribution >= 4 is 29.7 Å². The molecule has 3 aliphatic heterocycles. The third-order valence-electron chi connectivity index (χ3n) is 6.76. The van der Waals surface area contributed by atoms with Crippen LogP contribution in [0.1, 0.15) is 35.2 Å². The number of pyridine rings is 1. The summed E-state index contributed by atoms with van der Waals surface area (Å²) in [5.74, 6) is 7.65. The highest BCUT2D eigenvalue weighted by Gasteiger charge is 2.47. The second-order valence-corrected chi connectivity index (χ2v) is 9.21. The number of aliphatic imine (C=N–C) groups is 2. The molecule has 0 saturated carbocycles. The van der Waals surface area contributed by atoms with Crippen molar-refractivity contribution < 1.29 is 18.9 Å². The average molecular weight is 513 g/mol. The minimum atomic E-state index is -0.261. The molecule has 0 spiro atoms. The van der Waals surface area contributed by atoms with Crippen molar-refractivity contribution in [2.24, 2.45) is 15.8 Å². The molecule has 3 N–H and O–H groups in total. The fourth-order valence-electron chi connectivity index (χ4n) is 4.87. The predicted octanol–water partition coefficient (Wildman–Crippen LogP) is 3.14. The molecule has 2 atom stereocenters. The number of hydrogen-bond acceptors (Lipinski definition) is 7. The van der Waals surface area contributed by atoms with Gasteiger partial charge in [-0.05, 0) is 55.7 Å². The van der Waals surface area contributed by atoms with E-state index >= 15 is 0 Å². The molecular weight excluding hydrogens is 482 g/mol. The number of benzene rings is 1. The fraction of sp³-hybridized carbons (Fsp3) is 0.250. The first-order chi connectivity index (χ1) is 18.5. The molecule has 10 nitrogen and oxygen atoms in total. The fourth-order valence-corrected chi connectivity index (χ4v) is 4.87. The number of quaternary nitrogens is 1. The maximum atomic E-state index is 13.0. The summed E-state index contributed by atoms with van der Waals surface area (Å²) in [5, 5.41) is 2.79. The third kappa shape index (κ3) is 4.97. The Balaban J connectivity index is 1.44. The molecule has 2 amide bonds. The van der Waals surface area contributed by atoms with Crippen LogP contribution in [0, 0.1) is 0 Å². The van der Waals surface area contributed by atoms with E-state index in [0.717, 1.165) is 36.2 Å². The van der Waals surface area contributed by atoms with Gasteiger partial charge in [0.25, 0.3) is 11.7 Å². The zero-order valence-electron chi connectivity index (χ0n) is 21.2. The number of amidine groups is 1. The summed E-state index contributed by atoms with van der Waals surface area (Å²) in [7, 11) is 1.59. The number of ether oxygens (including phenoxy) is 1. The smallest absolute Gasteiger partial charge is 0.264 e. The van der Waals surface area contributed by atoms with Gasteiger partial charge in [-0.25, -0.2) is 4.98 Å². The van der Waals surface area contributed by atoms with Crippen LogP contribution < -0.4 is 11.2 Å². The normalized spacial score (nSPS) is 22.5. The maximum Gasteiger partial charge on any atom is 0.264 e. The van der Waals surface area contributed by atoms with Gasteiger partial charge in [-0.2, -0.15) is 10.8 Å². The lowest BCUT2D eigenvalue weighted by molar-refractivity contribution is -0.750. The van der Waals surface area contributed by atoms with Gasteiger partial charge in [0.05, 0.1) is 30.6 Å². The van der Waals surface area contributed by atoms with Crippen LogP contribution in [0.3, 0.4) is 0 Å². The number of hydrogen-bond donors (Lipinski definition) is 2. The van der Waals surface area contributed by atoms with Crippen molar-refractivity contribution in [3.63, 3.8) is 0 Å². The van der Waals surface area contributed by atoms with Crippen molar-refractivity contribution in [1.82, 2.24) is 9.88 Å². The lowest BCUT2D eigenvalue weighted by Crippen LogP contribution is -2.53. The van der Waals surface area contributed by atoms with E-state index in [1.807, 2.05) is 23.1 Å². The van der Waals surface area contributed by atoms with Crippen LogP contribution in [0.2, 0.25) is 0 Å². The average Bonchev–Trinajstić information content (AvgIpc) is 3.26. The minimum absolute atomic E-state index is 0.0785. The Morgan fingerprint density at radius 3 is 2.82 bits per heavy atom. The van der Waals surface area contributed by atoms with E-state index in [2.05, 4.69) is 15.3 Å². The highest BCUT2D eigenvalue weighted by Crippen LogP contribution is 2.36. The molecule has 1 fully saturated rings. The van der Waals surface area contributed by atoms with Gasteiger partial charge in [-0.1, -0.05) is 12.1 Å². The number of fused-ring (bicyclic) bond motifs is 1. The molecule has 5 rings (SSSR count). The number of nitrogens with two attached hydrogens (primary N) is 1. The SMILES string of the molecule is COCC=CC(=O)N1CCCCC1C1=C2C=NC=C[N+]2(N)C(c2ccc(C(=O)Nc3ccccn3)cc2)=N1. The summed E-state index contributed by atoms with van der Waals surface area (Å²) >= 11 is 0. The van der Waals surface area contributed by atoms with Gasteiger partial charge in [0.15, 0.2) is 0 Å². The predicted molar refractivity (Wildman–Crippen MR) is 145 cm³/mol. The topological polar surface area (TPSA) is 122 Å². The Bertz CT molecular complexity index is 1360. The lowest BCUT2D eigenvalue weighted by atomic mass is 9.98. The second-order valence-electron chi connectivity index (χ2n) is 9.21. The van der Waals surface area contributed by atoms with Gasteiger partial charge >= 0.3 is 0 Å². The zero-order valence-corrected chi connectivity index (χ0v) is 21.2. The molecule has 1 aromatic carbocycles. The number of allylic oxidation sites excluding steroid dienone is 1. The second kappa shape index (κ2) is 11.0. The van der Waals surface area contributed by atoms with Crippen LogP contribution >= 0.6 is 0 Å². The molecule has 1 aromatic heterocycles. The monoisotopic (exact) mass is 512 g/mol. The number of aromatic nitrogens is 1. The van der Waals surface area contributed by atoms with Gasteiger partial charge in [-0.3, -0.25) is 14.6 Å². The summed E-state index contributed by atoms with van der Waals surface area (Å²) in [5.41, 5.74) is 2.71. The Labute approximate surface area is 221 Å². The molecule has 4 heterocycles. The number of nitrogens with one attached hydrogen (secondary N) is 1. The summed E-state index contributed by atoms with van der Waals surface area (Å²) in [6.45, 7) is 1.01. The van der Waals surface area contributed by atoms with E-state index < -0.39 is 0 Å². The van der Waals surface area contributed by atoms with Crippen LogP contribution in [0.15, 0.2) is 94.6 Å². The van der Waals surface area contributed by atoms with Crippen LogP contribution in [0.25, 0.3) is 0 Å². The number of methoxy groups -OCH3 is 1. The maximum absolute atomic E-state index is 13.0. The Morgan fingerprint density at radius 1 is 1.21 bits per heavy atom. The largest absolute Gasteiger partial charge is 0.381 e. The highest BCUT2D eigenvalue weighted by atomic mass is 16.5. The number of carbonyl (C=O) groups excluding carboxylic acids is 2. The number of rotatable bonds is 7. The van der Waals surface area contributed by atoms with Crippen molar-refractivity contribution in [3.8, 4) is 0 Å². The van der Waals surface area contributed by atoms with E-state index in [9.17, 15) is 9.59 Å². The Morgan fingerprint density at radius 2 is 2.05 bits per heavy atom. The first-order valence-electron chi connectivity index (χ1n) is 12.5. The summed E-state index contributed by atoms with van der Waals surface area (Å²) in [6, 6.07) is 12.2. The molecule has 0 bridgehead atoms. The van der Waals surface area contributed by atoms with E-state index in [-0.39, 0.29) is 22.4 Å². The van der Waals surface area contributed by atoms with Crippen molar-refractivity contribution in [2.75, 3.05) is 25.6 Å². The molecule has 2 unspecified atom stereocenters. The van der Waals surface area contributed by atoms with Crippen LogP contribution in [0.5, 0.6) is 0 Å². The van der Waals surface area contributed by atoms with Crippen molar-refractivity contribution in [3.05, 3.63) is 95.7 Å². The zero-order chi connectivity index (χ0) is 26.5. The standard InChI is InChI=1S/C28H29N7O3/c1-38-18-6-9-25(36)34-16-5-3-7-22(34)26-23-19-30-15-17-35(23,29)27(33-26)20-10-12-21(13-11-20)28(37)32-24-8-2-4-14-31-24/h2,4,6,8-15,17,19,22H,3,5,7,16,18,29H2,1H3/p+1. The quantitative estimate of drug-likeness (QED) is 0.335. The number of piperidine rings is 1. The van der Waals surface area contributed by atoms with E-state index in [4.69, 9.17) is 15.6 Å². The molecule has 38 heavy (non-hydrogen) atoms. The Hall–Kier alpha value is -4.25. The molecule has 0 radical (unpaired) electrons. The van der Waals surface area contributed by atoms with Crippen LogP contribution in [-0.4, -0.2) is 64.6 Å². The number of amides is 2. The van der Waals surface area contributed by atoms with Gasteiger partial charge in [-0.15, -0.1) is 4.59 Å². The number of carbonyl (C=O) groups is 2. The summed E-state index contributed by atoms with van der Waals surface area (Å²) in [6.07, 6.45) is 12.7. The van der Waals surface area contributed by atoms with Gasteiger partial charge in [0, 0.05) is 31.5 Å². The summed E-state index contributed by atoms with van der Waals surface area (Å²) in [4.78, 5) is 41.1. The first-order valence-corrected chi connectivity index (χ1v) is 12.5. The number of likely N-dealkylation sites (tertiary alicyclic amines) is 1. The molecular formula is C28H30N7O3+. The molecule has 194 valence electrons.